The van der Waals surface area contributed by atoms with Gasteiger partial charge in [0.25, 0.3) is 0 Å². The summed E-state index contributed by atoms with van der Waals surface area (Å²) in [7, 11) is 0. The van der Waals surface area contributed by atoms with Crippen molar-refractivity contribution in [2.24, 2.45) is 0 Å². The van der Waals surface area contributed by atoms with E-state index in [-0.39, 0.29) is 12.8 Å². The van der Waals surface area contributed by atoms with Crippen LogP contribution in [0.25, 0.3) is 0 Å². The van der Waals surface area contributed by atoms with Gasteiger partial charge in [-0.15, -0.1) is 0 Å². The van der Waals surface area contributed by atoms with Gasteiger partial charge in [-0.05, 0) is 0 Å². The van der Waals surface area contributed by atoms with Crippen molar-refractivity contribution < 1.29 is 29.3 Å². The van der Waals surface area contributed by atoms with Gasteiger partial charge in [0.1, 0.15) is 0 Å². The van der Waals surface area contributed by atoms with Crippen LogP contribution in [0.15, 0.2) is 0 Å². The SMILES string of the molecule is O=C(O)C[13C@@]1([13C](=O)O)CCC(=O)O1. The third-order valence-corrected chi connectivity index (χ3v) is 1.87. The van der Waals surface area contributed by atoms with E-state index in [0.29, 0.717) is 0 Å². The highest BCUT2D eigenvalue weighted by atomic mass is 16.7. The lowest BCUT2D eigenvalue weighted by Crippen LogP contribution is -2.40. The average Bonchev–Trinajstić information content (AvgIpc) is 2.31. The molecule has 0 unspecified atom stereocenters. The molecule has 1 fully saturated rings. The van der Waals surface area contributed by atoms with Crippen LogP contribution in [0.4, 0.5) is 0 Å². The molecule has 0 aliphatic carbocycles. The Balaban J connectivity index is 2.83. The van der Waals surface area contributed by atoms with Gasteiger partial charge in [-0.3, -0.25) is 9.59 Å². The molecule has 6 heteroatoms. The largest absolute Gasteiger partial charge is 0.481 e. The van der Waals surface area contributed by atoms with Gasteiger partial charge in [0.15, 0.2) is 0 Å². The van der Waals surface area contributed by atoms with Gasteiger partial charge < -0.3 is 14.9 Å². The Bertz CT molecular complexity index is 270. The van der Waals surface area contributed by atoms with E-state index in [1.807, 2.05) is 0 Å². The fourth-order valence-corrected chi connectivity index (χ4v) is 1.22. The van der Waals surface area contributed by atoms with Gasteiger partial charge in [-0.2, -0.15) is 0 Å². The summed E-state index contributed by atoms with van der Waals surface area (Å²) in [5.41, 5.74) is -1.84. The molecular weight excluding hydrogens is 182 g/mol. The Labute approximate surface area is 73.1 Å². The third kappa shape index (κ3) is 1.77. The van der Waals surface area contributed by atoms with Crippen LogP contribution in [0.2, 0.25) is 0 Å². The van der Waals surface area contributed by atoms with Crippen molar-refractivity contribution in [2.75, 3.05) is 0 Å². The van der Waals surface area contributed by atoms with E-state index in [1.165, 1.54) is 0 Å². The molecule has 72 valence electrons. The Morgan fingerprint density at radius 3 is 2.38 bits per heavy atom. The molecule has 1 heterocycles. The first kappa shape index (κ1) is 9.50. The molecule has 0 bridgehead atoms. The summed E-state index contributed by atoms with van der Waals surface area (Å²) in [6, 6.07) is 0. The third-order valence-electron chi connectivity index (χ3n) is 1.87. The Morgan fingerprint density at radius 2 is 2.08 bits per heavy atom. The summed E-state index contributed by atoms with van der Waals surface area (Å²) in [6.07, 6.45) is -0.804. The second kappa shape index (κ2) is 3.04. The lowest BCUT2D eigenvalue weighted by molar-refractivity contribution is -0.173. The van der Waals surface area contributed by atoms with Crippen LogP contribution in [-0.4, -0.2) is 33.7 Å². The summed E-state index contributed by atoms with van der Waals surface area (Å²) in [4.78, 5) is 31.6. The maximum Gasteiger partial charge on any atom is 0.348 e. The van der Waals surface area contributed by atoms with Gasteiger partial charge in [0, 0.05) is 12.8 Å². The van der Waals surface area contributed by atoms with E-state index < -0.39 is 29.9 Å². The van der Waals surface area contributed by atoms with E-state index in [1.54, 1.807) is 0 Å². The predicted octanol–water partition coefficient (Wildman–Crippen LogP) is -0.379. The smallest absolute Gasteiger partial charge is 0.348 e. The zero-order valence-electron chi connectivity index (χ0n) is 6.65. The van der Waals surface area contributed by atoms with Crippen molar-refractivity contribution in [3.05, 3.63) is 0 Å². The van der Waals surface area contributed by atoms with E-state index in [0.717, 1.165) is 0 Å². The fraction of sp³-hybridized carbons (Fsp3) is 0.571. The van der Waals surface area contributed by atoms with Gasteiger partial charge >= 0.3 is 17.9 Å². The van der Waals surface area contributed by atoms with Crippen LogP contribution in [0, 0.1) is 0 Å². The molecule has 0 radical (unpaired) electrons. The monoisotopic (exact) mass is 190 g/mol. The van der Waals surface area contributed by atoms with Crippen LogP contribution in [0.5, 0.6) is 0 Å². The molecule has 0 aromatic rings. The molecule has 1 atom stereocenters. The second-order valence-corrected chi connectivity index (χ2v) is 2.84. The number of hydrogen-bond donors (Lipinski definition) is 2. The molecule has 0 spiro atoms. The van der Waals surface area contributed by atoms with Crippen molar-refractivity contribution in [1.29, 1.82) is 0 Å². The number of carboxylic acid groups (broad SMARTS) is 2. The maximum absolute atomic E-state index is 10.7. The number of carboxylic acids is 2. The molecule has 0 amide bonds. The first-order valence-corrected chi connectivity index (χ1v) is 3.63. The minimum Gasteiger partial charge on any atom is -0.481 e. The molecule has 1 aliphatic rings. The number of ether oxygens (including phenoxy) is 1. The van der Waals surface area contributed by atoms with Crippen LogP contribution in [0.3, 0.4) is 0 Å². The normalized spacial score (nSPS) is 26.9. The number of rotatable bonds is 3. The Morgan fingerprint density at radius 1 is 1.46 bits per heavy atom. The van der Waals surface area contributed by atoms with Crippen molar-refractivity contribution >= 4 is 17.9 Å². The average molecular weight is 190 g/mol. The van der Waals surface area contributed by atoms with Crippen LogP contribution in [0.1, 0.15) is 19.3 Å². The fourth-order valence-electron chi connectivity index (χ4n) is 1.22. The molecule has 13 heavy (non-hydrogen) atoms. The van der Waals surface area contributed by atoms with Gasteiger partial charge in [0.2, 0.25) is 5.60 Å². The highest BCUT2D eigenvalue weighted by molar-refractivity contribution is 5.89. The molecule has 0 aromatic heterocycles. The Hall–Kier alpha value is -1.59. The number of carbonyl (C=O) groups excluding carboxylic acids is 1. The summed E-state index contributed by atoms with van der Waals surface area (Å²) in [5.74, 6) is -3.36. The summed E-state index contributed by atoms with van der Waals surface area (Å²) < 4.78 is 4.50. The minimum absolute atomic E-state index is 0.0421. The molecule has 1 aliphatic heterocycles. The highest BCUT2D eigenvalue weighted by Gasteiger charge is 2.49. The summed E-state index contributed by atoms with van der Waals surface area (Å²) >= 11 is 0. The van der Waals surface area contributed by atoms with Crippen LogP contribution in [-0.2, 0) is 19.1 Å². The zero-order valence-corrected chi connectivity index (χ0v) is 6.65. The number of cyclic esters (lactones) is 1. The van der Waals surface area contributed by atoms with Crippen molar-refractivity contribution in [3.8, 4) is 0 Å². The van der Waals surface area contributed by atoms with Gasteiger partial charge in [-0.1, -0.05) is 0 Å². The van der Waals surface area contributed by atoms with Crippen LogP contribution < -0.4 is 0 Å². The van der Waals surface area contributed by atoms with Gasteiger partial charge in [-0.25, -0.2) is 4.79 Å². The number of hydrogen-bond acceptors (Lipinski definition) is 4. The van der Waals surface area contributed by atoms with Crippen molar-refractivity contribution in [1.82, 2.24) is 0 Å². The summed E-state index contributed by atoms with van der Waals surface area (Å²) in [5, 5.41) is 17.1. The highest BCUT2D eigenvalue weighted by Crippen LogP contribution is 2.30. The lowest BCUT2D eigenvalue weighted by atomic mass is 10.3. The van der Waals surface area contributed by atoms with E-state index in [4.69, 9.17) is 10.2 Å². The number of carbonyl (C=O) groups is 3. The van der Waals surface area contributed by atoms with Crippen molar-refractivity contribution in [2.45, 2.75) is 24.9 Å². The predicted molar refractivity (Wildman–Crippen MR) is 37.9 cm³/mol. The van der Waals surface area contributed by atoms with E-state index >= 15 is 0 Å². The first-order chi connectivity index (χ1) is 5.96. The molecule has 0 saturated carbocycles. The van der Waals surface area contributed by atoms with Crippen molar-refractivity contribution in [3.63, 3.8) is 0 Å². The van der Waals surface area contributed by atoms with E-state index in [9.17, 15) is 14.4 Å². The topological polar surface area (TPSA) is 101 Å². The zero-order chi connectivity index (χ0) is 10.1. The Kier molecular flexibility index (Phi) is 2.22. The quantitative estimate of drug-likeness (QED) is 0.464. The molecule has 2 N–H and O–H groups in total. The van der Waals surface area contributed by atoms with Gasteiger partial charge in [0.05, 0.1) is 6.42 Å². The maximum atomic E-state index is 10.7. The number of esters is 1. The molecule has 1 rings (SSSR count). The molecular formula is C7H8O6. The summed E-state index contributed by atoms with van der Waals surface area (Å²) in [6.45, 7) is 0. The lowest BCUT2D eigenvalue weighted by Gasteiger charge is -2.19. The standard InChI is InChI=1S/C7H8O6/c8-4(9)3-7(6(11)12)2-1-5(10)13-7/h1-3H2,(H,8,9)(H,11,12)/t7-/m1/s1/i6+1,7+1. The second-order valence-electron chi connectivity index (χ2n) is 2.84. The van der Waals surface area contributed by atoms with E-state index in [2.05, 4.69) is 4.74 Å². The van der Waals surface area contributed by atoms with Crippen LogP contribution >= 0.6 is 0 Å². The number of aliphatic carboxylic acids is 2. The first-order valence-electron chi connectivity index (χ1n) is 3.63. The molecule has 1 saturated heterocycles. The molecule has 6 nitrogen and oxygen atoms in total. The minimum atomic E-state index is -1.84. The molecule has 0 aromatic carbocycles.